The molecular formula is C22H31N5O. The summed E-state index contributed by atoms with van der Waals surface area (Å²) >= 11 is 0. The Hall–Kier alpha value is -2.34. The van der Waals surface area contributed by atoms with E-state index >= 15 is 0 Å². The molecule has 2 fully saturated rings. The van der Waals surface area contributed by atoms with Crippen LogP contribution in [0, 0.1) is 5.92 Å². The van der Waals surface area contributed by atoms with Crippen LogP contribution in [-0.4, -0.2) is 53.1 Å². The smallest absolute Gasteiger partial charge is 0.194 e. The molecule has 3 heterocycles. The van der Waals surface area contributed by atoms with E-state index in [-0.39, 0.29) is 0 Å². The molecule has 0 saturated carbocycles. The van der Waals surface area contributed by atoms with Crippen molar-refractivity contribution in [2.24, 2.45) is 10.9 Å². The summed E-state index contributed by atoms with van der Waals surface area (Å²) in [6, 6.07) is 13.4. The Morgan fingerprint density at radius 2 is 2.11 bits per heavy atom. The number of aliphatic imine (C=N–C) groups is 1. The molecule has 2 aliphatic heterocycles. The number of fused-ring (bicyclic) bond motifs is 1. The highest BCUT2D eigenvalue weighted by atomic mass is 16.5. The summed E-state index contributed by atoms with van der Waals surface area (Å²) in [5.74, 6) is 1.71. The summed E-state index contributed by atoms with van der Waals surface area (Å²) in [4.78, 5) is 9.95. The zero-order valence-electron chi connectivity index (χ0n) is 16.8. The maximum atomic E-state index is 4.92. The second-order valence-corrected chi connectivity index (χ2v) is 7.82. The fraction of sp³-hybridized carbons (Fsp3) is 0.545. The van der Waals surface area contributed by atoms with Crippen LogP contribution in [0.3, 0.4) is 0 Å². The van der Waals surface area contributed by atoms with Crippen molar-refractivity contribution in [1.29, 1.82) is 0 Å². The first-order valence-corrected chi connectivity index (χ1v) is 10.5. The molecule has 1 aromatic heterocycles. The Kier molecular flexibility index (Phi) is 6.27. The van der Waals surface area contributed by atoms with Gasteiger partial charge in [-0.3, -0.25) is 4.90 Å². The maximum absolute atomic E-state index is 4.92. The van der Waals surface area contributed by atoms with Gasteiger partial charge in [-0.05, 0) is 44.2 Å². The number of likely N-dealkylation sites (tertiary alicyclic amines) is 2. The van der Waals surface area contributed by atoms with Gasteiger partial charge in [0.1, 0.15) is 12.0 Å². The van der Waals surface area contributed by atoms with Crippen molar-refractivity contribution in [3.63, 3.8) is 0 Å². The summed E-state index contributed by atoms with van der Waals surface area (Å²) in [7, 11) is 0. The standard InChI is InChI=1S/C22H31N5O/c1-2-23-22(24-15-20-11-14-28-25-20)27-13-10-21-19(17-27)9-6-12-26(21)16-18-7-4-3-5-8-18/h3-5,7-8,11,14,19,21H,2,6,9-10,12-13,15-17H2,1H3,(H,23,24). The highest BCUT2D eigenvalue weighted by Crippen LogP contribution is 2.31. The second kappa shape index (κ2) is 9.24. The lowest BCUT2D eigenvalue weighted by molar-refractivity contribution is 0.0372. The van der Waals surface area contributed by atoms with Crippen LogP contribution in [-0.2, 0) is 13.1 Å². The van der Waals surface area contributed by atoms with E-state index in [1.165, 1.54) is 31.4 Å². The van der Waals surface area contributed by atoms with Crippen LogP contribution < -0.4 is 5.32 Å². The summed E-state index contributed by atoms with van der Waals surface area (Å²) in [6.07, 6.45) is 5.40. The van der Waals surface area contributed by atoms with Crippen molar-refractivity contribution >= 4 is 5.96 Å². The van der Waals surface area contributed by atoms with E-state index in [0.29, 0.717) is 18.5 Å². The van der Waals surface area contributed by atoms with Gasteiger partial charge in [-0.2, -0.15) is 0 Å². The lowest BCUT2D eigenvalue weighted by atomic mass is 9.83. The topological polar surface area (TPSA) is 56.9 Å². The van der Waals surface area contributed by atoms with Gasteiger partial charge in [0.05, 0.1) is 6.54 Å². The summed E-state index contributed by atoms with van der Waals surface area (Å²) in [6.45, 7) is 7.99. The molecule has 0 spiro atoms. The van der Waals surface area contributed by atoms with Crippen LogP contribution in [0.25, 0.3) is 0 Å². The van der Waals surface area contributed by atoms with E-state index in [0.717, 1.165) is 37.8 Å². The van der Waals surface area contributed by atoms with Crippen LogP contribution in [0.15, 0.2) is 52.2 Å². The molecule has 1 aromatic carbocycles. The van der Waals surface area contributed by atoms with Gasteiger partial charge in [0.25, 0.3) is 0 Å². The number of rotatable bonds is 5. The van der Waals surface area contributed by atoms with Crippen molar-refractivity contribution < 1.29 is 4.52 Å². The molecule has 0 amide bonds. The summed E-state index contributed by atoms with van der Waals surface area (Å²) in [5, 5.41) is 7.44. The second-order valence-electron chi connectivity index (χ2n) is 7.82. The molecule has 4 rings (SSSR count). The molecule has 1 N–H and O–H groups in total. The Balaban J connectivity index is 1.40. The van der Waals surface area contributed by atoms with Gasteiger partial charge < -0.3 is 14.7 Å². The van der Waals surface area contributed by atoms with Gasteiger partial charge in [-0.1, -0.05) is 35.5 Å². The molecule has 6 heteroatoms. The SMILES string of the molecule is CCNC(=NCc1ccon1)N1CCC2C(CCCN2Cc2ccccc2)C1. The molecule has 2 saturated heterocycles. The molecule has 2 aromatic rings. The lowest BCUT2D eigenvalue weighted by Gasteiger charge is -2.48. The van der Waals surface area contributed by atoms with E-state index in [9.17, 15) is 0 Å². The molecule has 28 heavy (non-hydrogen) atoms. The predicted octanol–water partition coefficient (Wildman–Crippen LogP) is 3.13. The van der Waals surface area contributed by atoms with Crippen LogP contribution in [0.1, 0.15) is 37.4 Å². The van der Waals surface area contributed by atoms with E-state index in [1.807, 2.05) is 6.07 Å². The molecule has 2 atom stereocenters. The molecule has 6 nitrogen and oxygen atoms in total. The van der Waals surface area contributed by atoms with Gasteiger partial charge >= 0.3 is 0 Å². The van der Waals surface area contributed by atoms with Crippen LogP contribution in [0.5, 0.6) is 0 Å². The molecule has 2 unspecified atom stereocenters. The number of hydrogen-bond acceptors (Lipinski definition) is 4. The van der Waals surface area contributed by atoms with Crippen molar-refractivity contribution in [1.82, 2.24) is 20.3 Å². The lowest BCUT2D eigenvalue weighted by Crippen LogP contribution is -2.56. The molecule has 0 aliphatic carbocycles. The third kappa shape index (κ3) is 4.55. The van der Waals surface area contributed by atoms with Crippen molar-refractivity contribution in [3.8, 4) is 0 Å². The average Bonchev–Trinajstić information content (AvgIpc) is 3.25. The van der Waals surface area contributed by atoms with Crippen molar-refractivity contribution in [2.75, 3.05) is 26.2 Å². The minimum atomic E-state index is 0.559. The third-order valence-electron chi connectivity index (χ3n) is 5.93. The van der Waals surface area contributed by atoms with Gasteiger partial charge in [-0.25, -0.2) is 4.99 Å². The highest BCUT2D eigenvalue weighted by Gasteiger charge is 2.36. The first kappa shape index (κ1) is 19.0. The number of benzene rings is 1. The van der Waals surface area contributed by atoms with Crippen molar-refractivity contribution in [3.05, 3.63) is 53.9 Å². The van der Waals surface area contributed by atoms with Crippen LogP contribution >= 0.6 is 0 Å². The number of hydrogen-bond donors (Lipinski definition) is 1. The van der Waals surface area contributed by atoms with E-state index in [2.05, 4.69) is 57.5 Å². The minimum Gasteiger partial charge on any atom is -0.364 e. The summed E-state index contributed by atoms with van der Waals surface area (Å²) in [5.41, 5.74) is 2.30. The number of piperidine rings is 2. The fourth-order valence-corrected chi connectivity index (χ4v) is 4.61. The molecule has 2 aliphatic rings. The van der Waals surface area contributed by atoms with E-state index in [1.54, 1.807) is 6.26 Å². The zero-order chi connectivity index (χ0) is 19.2. The van der Waals surface area contributed by atoms with E-state index in [4.69, 9.17) is 9.52 Å². The Morgan fingerprint density at radius 3 is 2.89 bits per heavy atom. The van der Waals surface area contributed by atoms with E-state index < -0.39 is 0 Å². The fourth-order valence-electron chi connectivity index (χ4n) is 4.61. The Bertz CT molecular complexity index is 746. The van der Waals surface area contributed by atoms with Gasteiger partial charge in [0.2, 0.25) is 0 Å². The molecule has 0 radical (unpaired) electrons. The average molecular weight is 382 g/mol. The minimum absolute atomic E-state index is 0.559. The predicted molar refractivity (Wildman–Crippen MR) is 111 cm³/mol. The first-order valence-electron chi connectivity index (χ1n) is 10.5. The summed E-state index contributed by atoms with van der Waals surface area (Å²) < 4.78 is 4.92. The number of guanidine groups is 1. The zero-order valence-corrected chi connectivity index (χ0v) is 16.8. The van der Waals surface area contributed by atoms with Gasteiger partial charge in [-0.15, -0.1) is 0 Å². The number of nitrogens with zero attached hydrogens (tertiary/aromatic N) is 4. The molecule has 150 valence electrons. The Labute approximate surface area is 167 Å². The van der Waals surface area contributed by atoms with Crippen LogP contribution in [0.2, 0.25) is 0 Å². The van der Waals surface area contributed by atoms with Gasteiger partial charge in [0.15, 0.2) is 5.96 Å². The monoisotopic (exact) mass is 381 g/mol. The van der Waals surface area contributed by atoms with Crippen LogP contribution in [0.4, 0.5) is 0 Å². The number of nitrogens with one attached hydrogen (secondary N) is 1. The largest absolute Gasteiger partial charge is 0.364 e. The Morgan fingerprint density at radius 1 is 1.21 bits per heavy atom. The maximum Gasteiger partial charge on any atom is 0.194 e. The normalized spacial score (nSPS) is 23.5. The number of aromatic nitrogens is 1. The van der Waals surface area contributed by atoms with Gasteiger partial charge in [0, 0.05) is 38.3 Å². The molecular weight excluding hydrogens is 350 g/mol. The molecule has 0 bridgehead atoms. The van der Waals surface area contributed by atoms with Crippen molar-refractivity contribution in [2.45, 2.75) is 45.3 Å². The highest BCUT2D eigenvalue weighted by molar-refractivity contribution is 5.80. The quantitative estimate of drug-likeness (QED) is 0.637. The first-order chi connectivity index (χ1) is 13.8. The third-order valence-corrected chi connectivity index (χ3v) is 5.93.